The average Bonchev–Trinajstić information content (AvgIpc) is 2.71. The van der Waals surface area contributed by atoms with Gasteiger partial charge in [-0.15, -0.1) is 0 Å². The van der Waals surface area contributed by atoms with Gasteiger partial charge in [0.1, 0.15) is 11.6 Å². The third kappa shape index (κ3) is 6.92. The summed E-state index contributed by atoms with van der Waals surface area (Å²) >= 11 is 0. The number of hydrogen-bond acceptors (Lipinski definition) is 5. The first-order valence-electron chi connectivity index (χ1n) is 9.50. The van der Waals surface area contributed by atoms with Gasteiger partial charge in [0.05, 0.1) is 0 Å². The minimum atomic E-state index is -0.802. The zero-order chi connectivity index (χ0) is 20.4. The second-order valence-corrected chi connectivity index (χ2v) is 6.94. The van der Waals surface area contributed by atoms with Gasteiger partial charge in [0.15, 0.2) is 6.61 Å². The Bertz CT molecular complexity index is 786. The van der Waals surface area contributed by atoms with E-state index in [1.54, 1.807) is 0 Å². The fraction of sp³-hybridized carbons (Fsp3) is 0.409. The van der Waals surface area contributed by atoms with E-state index in [9.17, 15) is 14.9 Å². The number of benzene rings is 1. The van der Waals surface area contributed by atoms with Crippen molar-refractivity contribution in [1.82, 2.24) is 5.32 Å². The van der Waals surface area contributed by atoms with Gasteiger partial charge in [-0.05, 0) is 55.9 Å². The third-order valence-electron chi connectivity index (χ3n) is 4.55. The minimum Gasteiger partial charge on any atom is -0.451 e. The number of anilines is 1. The summed E-state index contributed by atoms with van der Waals surface area (Å²) in [6.45, 7) is 0.137. The molecule has 0 aromatic heterocycles. The number of allylic oxidation sites excluding steroid dienone is 1. The molecular formula is C22H27N3O3. The summed E-state index contributed by atoms with van der Waals surface area (Å²) in [7, 11) is 3.86. The number of nitriles is 1. The molecule has 0 unspecified atom stereocenters. The van der Waals surface area contributed by atoms with Gasteiger partial charge in [-0.3, -0.25) is 4.79 Å². The molecule has 148 valence electrons. The van der Waals surface area contributed by atoms with Gasteiger partial charge < -0.3 is 15.0 Å². The van der Waals surface area contributed by atoms with Crippen LogP contribution in [-0.2, 0) is 14.3 Å². The van der Waals surface area contributed by atoms with Crippen molar-refractivity contribution in [2.24, 2.45) is 0 Å². The van der Waals surface area contributed by atoms with Crippen LogP contribution in [0.3, 0.4) is 0 Å². The Morgan fingerprint density at radius 2 is 2.00 bits per heavy atom. The van der Waals surface area contributed by atoms with Crippen LogP contribution in [0.25, 0.3) is 6.08 Å². The fourth-order valence-electron chi connectivity index (χ4n) is 2.93. The molecule has 28 heavy (non-hydrogen) atoms. The number of carbonyl (C=O) groups excluding carboxylic acids is 2. The summed E-state index contributed by atoms with van der Waals surface area (Å²) in [6, 6.07) is 9.24. The second kappa shape index (κ2) is 10.9. The van der Waals surface area contributed by atoms with E-state index in [0.29, 0.717) is 12.1 Å². The molecular weight excluding hydrogens is 354 g/mol. The van der Waals surface area contributed by atoms with Crippen LogP contribution in [-0.4, -0.2) is 39.1 Å². The van der Waals surface area contributed by atoms with E-state index in [2.05, 4.69) is 11.4 Å². The van der Waals surface area contributed by atoms with Crippen molar-refractivity contribution in [3.8, 4) is 6.07 Å². The number of ether oxygens (including phenoxy) is 1. The fourth-order valence-corrected chi connectivity index (χ4v) is 2.93. The first-order chi connectivity index (χ1) is 13.5. The highest BCUT2D eigenvalue weighted by Crippen LogP contribution is 2.19. The molecule has 0 bridgehead atoms. The van der Waals surface area contributed by atoms with Gasteiger partial charge in [0.25, 0.3) is 5.91 Å². The molecule has 1 aromatic carbocycles. The van der Waals surface area contributed by atoms with Crippen LogP contribution >= 0.6 is 0 Å². The van der Waals surface area contributed by atoms with Gasteiger partial charge in [-0.1, -0.05) is 23.8 Å². The lowest BCUT2D eigenvalue weighted by atomic mass is 9.97. The minimum absolute atomic E-state index is 0.141. The monoisotopic (exact) mass is 381 g/mol. The molecule has 2 rings (SSSR count). The molecule has 1 amide bonds. The zero-order valence-corrected chi connectivity index (χ0v) is 16.5. The molecule has 0 atom stereocenters. The Morgan fingerprint density at radius 1 is 1.25 bits per heavy atom. The molecule has 0 aliphatic heterocycles. The van der Waals surface area contributed by atoms with Crippen LogP contribution in [0.2, 0.25) is 0 Å². The van der Waals surface area contributed by atoms with Crippen LogP contribution in [0.4, 0.5) is 5.69 Å². The molecule has 6 nitrogen and oxygen atoms in total. The summed E-state index contributed by atoms with van der Waals surface area (Å²) in [5.41, 5.74) is 2.96. The number of esters is 1. The molecule has 0 heterocycles. The lowest BCUT2D eigenvalue weighted by Gasteiger charge is -2.13. The van der Waals surface area contributed by atoms with Gasteiger partial charge >= 0.3 is 5.97 Å². The Hall–Kier alpha value is -3.07. The Labute approximate surface area is 166 Å². The van der Waals surface area contributed by atoms with Crippen LogP contribution in [0.1, 0.15) is 37.7 Å². The van der Waals surface area contributed by atoms with Crippen molar-refractivity contribution in [2.75, 3.05) is 32.1 Å². The second-order valence-electron chi connectivity index (χ2n) is 6.94. The largest absolute Gasteiger partial charge is 0.451 e. The molecule has 1 aliphatic carbocycles. The van der Waals surface area contributed by atoms with Crippen molar-refractivity contribution in [2.45, 2.75) is 32.1 Å². The molecule has 0 saturated heterocycles. The summed E-state index contributed by atoms with van der Waals surface area (Å²) in [5.74, 6) is -1.17. The lowest BCUT2D eigenvalue weighted by Crippen LogP contribution is -2.30. The van der Waals surface area contributed by atoms with Crippen LogP contribution in [0.15, 0.2) is 41.5 Å². The molecule has 1 N–H and O–H groups in total. The molecule has 6 heteroatoms. The Morgan fingerprint density at radius 3 is 2.61 bits per heavy atom. The summed E-state index contributed by atoms with van der Waals surface area (Å²) in [4.78, 5) is 25.9. The van der Waals surface area contributed by atoms with E-state index in [4.69, 9.17) is 4.74 Å². The van der Waals surface area contributed by atoms with E-state index >= 15 is 0 Å². The van der Waals surface area contributed by atoms with Crippen molar-refractivity contribution in [1.29, 1.82) is 5.26 Å². The first-order valence-corrected chi connectivity index (χ1v) is 9.50. The van der Waals surface area contributed by atoms with E-state index < -0.39 is 12.6 Å². The lowest BCUT2D eigenvalue weighted by molar-refractivity contribution is -0.144. The number of hydrogen-bond donors (Lipinski definition) is 1. The summed E-state index contributed by atoms with van der Waals surface area (Å²) in [6.07, 6.45) is 9.17. The molecule has 0 saturated carbocycles. The highest BCUT2D eigenvalue weighted by Gasteiger charge is 2.13. The van der Waals surface area contributed by atoms with Gasteiger partial charge in [-0.2, -0.15) is 5.26 Å². The number of rotatable bonds is 8. The Balaban J connectivity index is 1.80. The van der Waals surface area contributed by atoms with Gasteiger partial charge in [0, 0.05) is 26.3 Å². The molecule has 1 aromatic rings. The first kappa shape index (κ1) is 21.2. The van der Waals surface area contributed by atoms with E-state index in [1.165, 1.54) is 24.5 Å². The van der Waals surface area contributed by atoms with Crippen molar-refractivity contribution in [3.63, 3.8) is 0 Å². The third-order valence-corrected chi connectivity index (χ3v) is 4.55. The van der Waals surface area contributed by atoms with Crippen LogP contribution in [0, 0.1) is 11.3 Å². The topological polar surface area (TPSA) is 82.4 Å². The maximum atomic E-state index is 12.1. The number of nitrogens with zero attached hydrogens (tertiary/aromatic N) is 2. The van der Waals surface area contributed by atoms with E-state index in [-0.39, 0.29) is 11.5 Å². The SMILES string of the molecule is CN(C)c1ccc(/C=C(/C#N)C(=O)OCC(=O)NCCC2=CCCCC2)cc1. The van der Waals surface area contributed by atoms with Gasteiger partial charge in [-0.25, -0.2) is 4.79 Å². The maximum Gasteiger partial charge on any atom is 0.349 e. The molecule has 0 radical (unpaired) electrons. The van der Waals surface area contributed by atoms with Crippen LogP contribution < -0.4 is 10.2 Å². The highest BCUT2D eigenvalue weighted by atomic mass is 16.5. The van der Waals surface area contributed by atoms with Crippen molar-refractivity contribution in [3.05, 3.63) is 47.1 Å². The van der Waals surface area contributed by atoms with Crippen molar-refractivity contribution < 1.29 is 14.3 Å². The quantitative estimate of drug-likeness (QED) is 0.324. The molecule has 0 spiro atoms. The Kier molecular flexibility index (Phi) is 8.29. The normalized spacial score (nSPS) is 13.9. The predicted molar refractivity (Wildman–Crippen MR) is 109 cm³/mol. The smallest absolute Gasteiger partial charge is 0.349 e. The standard InChI is InChI=1S/C22H27N3O3/c1-25(2)20-10-8-18(9-11-20)14-19(15-23)22(27)28-16-21(26)24-13-12-17-6-4-3-5-7-17/h6,8-11,14H,3-5,7,12-13,16H2,1-2H3,(H,24,26)/b19-14-. The number of nitrogens with one attached hydrogen (secondary N) is 1. The zero-order valence-electron chi connectivity index (χ0n) is 16.5. The summed E-state index contributed by atoms with van der Waals surface area (Å²) < 4.78 is 4.97. The molecule has 1 aliphatic rings. The molecule has 0 fully saturated rings. The maximum absolute atomic E-state index is 12.1. The average molecular weight is 381 g/mol. The van der Waals surface area contributed by atoms with Gasteiger partial charge in [0.2, 0.25) is 0 Å². The summed E-state index contributed by atoms with van der Waals surface area (Å²) in [5, 5.41) is 12.0. The van der Waals surface area contributed by atoms with Crippen molar-refractivity contribution >= 4 is 23.6 Å². The van der Waals surface area contributed by atoms with Crippen LogP contribution in [0.5, 0.6) is 0 Å². The number of carbonyl (C=O) groups is 2. The van der Waals surface area contributed by atoms with E-state index in [0.717, 1.165) is 24.9 Å². The number of amides is 1. The predicted octanol–water partition coefficient (Wildman–Crippen LogP) is 3.21. The van der Waals surface area contributed by atoms with E-state index in [1.807, 2.05) is 49.3 Å². The highest BCUT2D eigenvalue weighted by molar-refractivity contribution is 5.98.